The maximum absolute atomic E-state index is 13.0. The lowest BCUT2D eigenvalue weighted by molar-refractivity contribution is 0.0947. The van der Waals surface area contributed by atoms with Gasteiger partial charge in [-0.2, -0.15) is 0 Å². The SMILES string of the molecule is O=C1c2c(sc3c2CCC(Br)(Br)C3=O)N=C2CCCCC[C@@H]12. The zero-order chi connectivity index (χ0) is 15.5. The second kappa shape index (κ2) is 5.35. The quantitative estimate of drug-likeness (QED) is 0.515. The highest BCUT2D eigenvalue weighted by atomic mass is 79.9. The Morgan fingerprint density at radius 1 is 1.14 bits per heavy atom. The first-order valence-electron chi connectivity index (χ1n) is 7.69. The van der Waals surface area contributed by atoms with E-state index in [2.05, 4.69) is 31.9 Å². The smallest absolute Gasteiger partial charge is 0.200 e. The van der Waals surface area contributed by atoms with Gasteiger partial charge in [-0.3, -0.25) is 9.59 Å². The number of hydrogen-bond donors (Lipinski definition) is 0. The molecule has 3 aliphatic rings. The monoisotopic (exact) mass is 443 g/mol. The van der Waals surface area contributed by atoms with Crippen LogP contribution in [0.4, 0.5) is 5.00 Å². The Morgan fingerprint density at radius 2 is 1.95 bits per heavy atom. The summed E-state index contributed by atoms with van der Waals surface area (Å²) in [7, 11) is 0. The minimum Gasteiger partial charge on any atom is -0.293 e. The van der Waals surface area contributed by atoms with E-state index in [0.717, 1.165) is 53.9 Å². The molecule has 1 fully saturated rings. The van der Waals surface area contributed by atoms with Gasteiger partial charge in [0.2, 0.25) is 0 Å². The summed E-state index contributed by atoms with van der Waals surface area (Å²) < 4.78 is -0.680. The maximum atomic E-state index is 13.0. The second-order valence-corrected chi connectivity index (χ2v) is 11.0. The molecule has 0 saturated heterocycles. The van der Waals surface area contributed by atoms with Crippen molar-refractivity contribution in [2.24, 2.45) is 10.9 Å². The third-order valence-corrected chi connectivity index (χ3v) is 7.49. The molecule has 0 bridgehead atoms. The number of nitrogens with zero attached hydrogens (tertiary/aromatic N) is 1. The van der Waals surface area contributed by atoms with Gasteiger partial charge >= 0.3 is 0 Å². The Balaban J connectivity index is 1.85. The van der Waals surface area contributed by atoms with Crippen molar-refractivity contribution in [3.63, 3.8) is 0 Å². The van der Waals surface area contributed by atoms with Crippen molar-refractivity contribution in [3.05, 3.63) is 16.0 Å². The third-order valence-electron chi connectivity index (χ3n) is 4.85. The van der Waals surface area contributed by atoms with E-state index in [0.29, 0.717) is 11.3 Å². The summed E-state index contributed by atoms with van der Waals surface area (Å²) in [5, 5.41) is 0.772. The van der Waals surface area contributed by atoms with Crippen LogP contribution in [-0.4, -0.2) is 20.5 Å². The maximum Gasteiger partial charge on any atom is 0.200 e. The molecule has 6 heteroatoms. The van der Waals surface area contributed by atoms with Gasteiger partial charge in [0.05, 0.1) is 16.4 Å². The van der Waals surface area contributed by atoms with E-state index in [4.69, 9.17) is 4.99 Å². The van der Waals surface area contributed by atoms with E-state index in [1.54, 1.807) is 0 Å². The first-order chi connectivity index (χ1) is 10.5. The van der Waals surface area contributed by atoms with Crippen molar-refractivity contribution < 1.29 is 9.59 Å². The molecule has 0 spiro atoms. The largest absolute Gasteiger partial charge is 0.293 e. The molecule has 1 saturated carbocycles. The molecule has 0 unspecified atom stereocenters. The molecule has 1 aliphatic heterocycles. The zero-order valence-corrected chi connectivity index (χ0v) is 15.9. The molecule has 2 aliphatic carbocycles. The van der Waals surface area contributed by atoms with Crippen molar-refractivity contribution in [1.82, 2.24) is 0 Å². The molecule has 2 heterocycles. The number of aliphatic imine (C=N–C) groups is 1. The average molecular weight is 445 g/mol. The highest BCUT2D eigenvalue weighted by Gasteiger charge is 2.44. The Bertz CT molecular complexity index is 720. The van der Waals surface area contributed by atoms with Gasteiger partial charge in [0.25, 0.3) is 0 Å². The normalized spacial score (nSPS) is 26.6. The summed E-state index contributed by atoms with van der Waals surface area (Å²) in [5.74, 6) is 0.202. The summed E-state index contributed by atoms with van der Waals surface area (Å²) in [6.45, 7) is 0. The number of carbonyl (C=O) groups is 2. The van der Waals surface area contributed by atoms with Gasteiger partial charge in [-0.15, -0.1) is 11.3 Å². The van der Waals surface area contributed by atoms with Gasteiger partial charge in [-0.1, -0.05) is 44.7 Å². The van der Waals surface area contributed by atoms with Crippen LogP contribution in [0.3, 0.4) is 0 Å². The van der Waals surface area contributed by atoms with Crippen LogP contribution in [0.1, 0.15) is 64.1 Å². The summed E-state index contributed by atoms with van der Waals surface area (Å²) >= 11 is 8.32. The Hall–Kier alpha value is -0.330. The number of Topliss-reactive ketones (excluding diaryl/α,β-unsaturated/α-hetero) is 2. The number of hydrogen-bond acceptors (Lipinski definition) is 4. The number of rotatable bonds is 0. The fourth-order valence-corrected chi connectivity index (χ4v) is 5.99. The number of thiophene rings is 1. The van der Waals surface area contributed by atoms with Gasteiger partial charge < -0.3 is 0 Å². The molecule has 3 nitrogen and oxygen atoms in total. The van der Waals surface area contributed by atoms with E-state index >= 15 is 0 Å². The fourth-order valence-electron chi connectivity index (χ4n) is 3.66. The molecule has 0 aromatic carbocycles. The first-order valence-corrected chi connectivity index (χ1v) is 10.1. The van der Waals surface area contributed by atoms with Crippen molar-refractivity contribution in [2.75, 3.05) is 0 Å². The van der Waals surface area contributed by atoms with Gasteiger partial charge in [-0.05, 0) is 37.7 Å². The summed E-state index contributed by atoms with van der Waals surface area (Å²) in [6.07, 6.45) is 6.64. The van der Waals surface area contributed by atoms with E-state index in [-0.39, 0.29) is 17.5 Å². The average Bonchev–Trinajstić information content (AvgIpc) is 2.67. The van der Waals surface area contributed by atoms with E-state index in [1.807, 2.05) is 0 Å². The van der Waals surface area contributed by atoms with Crippen LogP contribution in [0, 0.1) is 5.92 Å². The molecular formula is C16H15Br2NO2S. The van der Waals surface area contributed by atoms with Crippen LogP contribution in [0.2, 0.25) is 0 Å². The Labute approximate surface area is 149 Å². The van der Waals surface area contributed by atoms with Crippen molar-refractivity contribution >= 4 is 65.5 Å². The summed E-state index contributed by atoms with van der Waals surface area (Å²) in [6, 6.07) is 0. The number of carbonyl (C=O) groups excluding carboxylic acids is 2. The molecule has 1 aromatic rings. The van der Waals surface area contributed by atoms with Gasteiger partial charge in [0.15, 0.2) is 11.6 Å². The third kappa shape index (κ3) is 2.21. The number of alkyl halides is 2. The minimum absolute atomic E-state index is 0.0290. The van der Waals surface area contributed by atoms with Crippen LogP contribution in [-0.2, 0) is 6.42 Å². The van der Waals surface area contributed by atoms with Crippen molar-refractivity contribution in [3.8, 4) is 0 Å². The van der Waals surface area contributed by atoms with Gasteiger partial charge in [0.1, 0.15) is 8.23 Å². The topological polar surface area (TPSA) is 46.5 Å². The van der Waals surface area contributed by atoms with Crippen molar-refractivity contribution in [2.45, 2.75) is 48.2 Å². The fraction of sp³-hybridized carbons (Fsp3) is 0.562. The van der Waals surface area contributed by atoms with Crippen LogP contribution in [0.25, 0.3) is 0 Å². The molecule has 0 radical (unpaired) electrons. The van der Waals surface area contributed by atoms with Crippen LogP contribution in [0.15, 0.2) is 4.99 Å². The highest BCUT2D eigenvalue weighted by Crippen LogP contribution is 2.49. The summed E-state index contributed by atoms with van der Waals surface area (Å²) in [4.78, 5) is 31.1. The Morgan fingerprint density at radius 3 is 2.77 bits per heavy atom. The highest BCUT2D eigenvalue weighted by molar-refractivity contribution is 9.26. The number of ketones is 2. The lowest BCUT2D eigenvalue weighted by Crippen LogP contribution is -2.31. The van der Waals surface area contributed by atoms with Crippen molar-refractivity contribution in [1.29, 1.82) is 0 Å². The van der Waals surface area contributed by atoms with Gasteiger partial charge in [-0.25, -0.2) is 4.99 Å². The van der Waals surface area contributed by atoms with Gasteiger partial charge in [0, 0.05) is 5.71 Å². The molecule has 0 amide bonds. The minimum atomic E-state index is -0.680. The summed E-state index contributed by atoms with van der Waals surface area (Å²) in [5.41, 5.74) is 2.74. The van der Waals surface area contributed by atoms with Crippen LogP contribution >= 0.6 is 43.2 Å². The molecule has 22 heavy (non-hydrogen) atoms. The predicted octanol–water partition coefficient (Wildman–Crippen LogP) is 5.21. The van der Waals surface area contributed by atoms with E-state index in [9.17, 15) is 9.59 Å². The predicted molar refractivity (Wildman–Crippen MR) is 95.6 cm³/mol. The lowest BCUT2D eigenvalue weighted by Gasteiger charge is -2.25. The Kier molecular flexibility index (Phi) is 3.70. The molecule has 116 valence electrons. The van der Waals surface area contributed by atoms with Crippen LogP contribution in [0.5, 0.6) is 0 Å². The van der Waals surface area contributed by atoms with Crippen LogP contribution < -0.4 is 0 Å². The molecular weight excluding hydrogens is 430 g/mol. The first kappa shape index (κ1) is 15.2. The number of halogens is 2. The zero-order valence-electron chi connectivity index (χ0n) is 12.0. The molecule has 0 N–H and O–H groups in total. The van der Waals surface area contributed by atoms with E-state index < -0.39 is 3.23 Å². The molecule has 1 aromatic heterocycles. The standard InChI is InChI=1S/C16H15Br2NO2S/c17-16(18)7-6-9-11-12(20)8-4-2-1-3-5-10(8)19-15(11)22-13(9)14(16)21/h8H,1-7H2/t8-/m1/s1. The lowest BCUT2D eigenvalue weighted by atomic mass is 9.84. The van der Waals surface area contributed by atoms with E-state index in [1.165, 1.54) is 17.8 Å². The molecule has 1 atom stereocenters. The molecule has 4 rings (SSSR count). The number of fused-ring (bicyclic) bond motifs is 4. The second-order valence-electron chi connectivity index (χ2n) is 6.24.